The molecule has 0 spiro atoms. The van der Waals surface area contributed by atoms with Gasteiger partial charge in [-0.15, -0.1) is 11.3 Å². The second-order valence-corrected chi connectivity index (χ2v) is 7.41. The maximum absolute atomic E-state index is 7.07. The minimum absolute atomic E-state index is 0.558. The van der Waals surface area contributed by atoms with Gasteiger partial charge in [0.25, 0.3) is 0 Å². The first-order valence-electron chi connectivity index (χ1n) is 8.60. The molecule has 4 rings (SSSR count). The van der Waals surface area contributed by atoms with Crippen LogP contribution in [0.4, 0.5) is 11.5 Å². The van der Waals surface area contributed by atoms with Crippen LogP contribution in [-0.4, -0.2) is 21.3 Å². The standard InChI is InChI=1S/C20H18N6OS/c1-12-7-14(26-19-16-8-13(2)28-20(16)25-11-24-19)3-4-17(12)27-15-5-6-22-18(9-15)23-10-21/h3-11H,1-2H3,(H2,21,22,23)(H,24,25,26). The molecule has 3 aromatic heterocycles. The van der Waals surface area contributed by atoms with Gasteiger partial charge in [-0.2, -0.15) is 0 Å². The van der Waals surface area contributed by atoms with Gasteiger partial charge in [0, 0.05) is 22.8 Å². The maximum atomic E-state index is 7.07. The molecule has 28 heavy (non-hydrogen) atoms. The van der Waals surface area contributed by atoms with E-state index in [9.17, 15) is 0 Å². The molecule has 0 aliphatic carbocycles. The Morgan fingerprint density at radius 2 is 2.07 bits per heavy atom. The number of hydrogen-bond donors (Lipinski definition) is 3. The van der Waals surface area contributed by atoms with Crippen molar-refractivity contribution in [2.24, 2.45) is 4.99 Å². The van der Waals surface area contributed by atoms with Crippen molar-refractivity contribution in [3.8, 4) is 11.5 Å². The average molecular weight is 390 g/mol. The number of fused-ring (bicyclic) bond motifs is 1. The molecule has 0 radical (unpaired) electrons. The zero-order valence-corrected chi connectivity index (χ0v) is 16.2. The Morgan fingerprint density at radius 1 is 1.18 bits per heavy atom. The molecular formula is C20H18N6OS. The van der Waals surface area contributed by atoms with Crippen molar-refractivity contribution in [3.63, 3.8) is 0 Å². The van der Waals surface area contributed by atoms with E-state index in [1.807, 2.05) is 31.2 Å². The number of hydrogen-bond acceptors (Lipinski definition) is 6. The van der Waals surface area contributed by atoms with E-state index in [1.165, 1.54) is 4.88 Å². The third-order valence-corrected chi connectivity index (χ3v) is 5.04. The summed E-state index contributed by atoms with van der Waals surface area (Å²) in [5.41, 5.74) is 2.46. The number of aromatic nitrogens is 3. The zero-order valence-electron chi connectivity index (χ0n) is 15.4. The highest BCUT2D eigenvalue weighted by atomic mass is 32.1. The third kappa shape index (κ3) is 3.77. The molecule has 4 aromatic rings. The third-order valence-electron chi connectivity index (χ3n) is 4.08. The Hall–Kier alpha value is -3.52. The van der Waals surface area contributed by atoms with Crippen molar-refractivity contribution in [1.82, 2.24) is 15.0 Å². The Bertz CT molecular complexity index is 1230. The molecule has 0 amide bonds. The molecule has 0 aliphatic rings. The SMILES string of the molecule is Cc1cc2c(Nc3ccc(Oc4cc[nH]/c(=N\C=N)c4)c(C)c3)ncnc2s1. The van der Waals surface area contributed by atoms with Crippen molar-refractivity contribution >= 4 is 39.4 Å². The Balaban J connectivity index is 1.58. The van der Waals surface area contributed by atoms with Gasteiger partial charge in [-0.1, -0.05) is 0 Å². The molecule has 8 heteroatoms. The summed E-state index contributed by atoms with van der Waals surface area (Å²) < 4.78 is 5.97. The molecule has 7 nitrogen and oxygen atoms in total. The van der Waals surface area contributed by atoms with Crippen LogP contribution in [0.15, 0.2) is 53.9 Å². The number of nitrogens with zero attached hydrogens (tertiary/aromatic N) is 3. The number of benzene rings is 1. The summed E-state index contributed by atoms with van der Waals surface area (Å²) in [5.74, 6) is 2.19. The van der Waals surface area contributed by atoms with E-state index < -0.39 is 0 Å². The zero-order chi connectivity index (χ0) is 19.5. The van der Waals surface area contributed by atoms with Crippen LogP contribution >= 0.6 is 11.3 Å². The lowest BCUT2D eigenvalue weighted by Crippen LogP contribution is -2.06. The van der Waals surface area contributed by atoms with E-state index >= 15 is 0 Å². The Labute approximate surface area is 165 Å². The fourth-order valence-corrected chi connectivity index (χ4v) is 3.67. The van der Waals surface area contributed by atoms with E-state index in [1.54, 1.807) is 29.9 Å². The number of anilines is 2. The summed E-state index contributed by atoms with van der Waals surface area (Å²) in [6.07, 6.45) is 4.29. The first kappa shape index (κ1) is 17.9. The molecule has 0 saturated heterocycles. The lowest BCUT2D eigenvalue weighted by atomic mass is 10.2. The van der Waals surface area contributed by atoms with Crippen LogP contribution in [0.2, 0.25) is 0 Å². The molecule has 3 N–H and O–H groups in total. The summed E-state index contributed by atoms with van der Waals surface area (Å²) in [6, 6.07) is 11.5. The maximum Gasteiger partial charge on any atom is 0.142 e. The van der Waals surface area contributed by atoms with Crippen LogP contribution in [0.3, 0.4) is 0 Å². The number of nitrogens with one attached hydrogen (secondary N) is 3. The molecule has 3 heterocycles. The normalized spacial score (nSPS) is 11.6. The molecule has 0 unspecified atom stereocenters. The Kier molecular flexibility index (Phi) is 4.86. The van der Waals surface area contributed by atoms with Gasteiger partial charge in [0.2, 0.25) is 0 Å². The number of pyridine rings is 1. The quantitative estimate of drug-likeness (QED) is 0.340. The molecule has 140 valence electrons. The Morgan fingerprint density at radius 3 is 2.89 bits per heavy atom. The molecule has 0 saturated carbocycles. The predicted octanol–water partition coefficient (Wildman–Crippen LogP) is 4.68. The van der Waals surface area contributed by atoms with Crippen LogP contribution in [0, 0.1) is 19.3 Å². The van der Waals surface area contributed by atoms with E-state index in [0.29, 0.717) is 11.2 Å². The summed E-state index contributed by atoms with van der Waals surface area (Å²) in [5, 5.41) is 11.5. The number of aromatic amines is 1. The summed E-state index contributed by atoms with van der Waals surface area (Å²) in [4.78, 5) is 17.7. The second-order valence-electron chi connectivity index (χ2n) is 6.17. The van der Waals surface area contributed by atoms with Crippen LogP contribution in [0.25, 0.3) is 10.2 Å². The van der Waals surface area contributed by atoms with Gasteiger partial charge in [0.05, 0.1) is 5.39 Å². The summed E-state index contributed by atoms with van der Waals surface area (Å²) in [7, 11) is 0. The van der Waals surface area contributed by atoms with Gasteiger partial charge in [-0.25, -0.2) is 15.0 Å². The molecule has 0 fully saturated rings. The number of aryl methyl sites for hydroxylation is 2. The predicted molar refractivity (Wildman–Crippen MR) is 112 cm³/mol. The molecule has 1 aromatic carbocycles. The molecule has 0 atom stereocenters. The highest BCUT2D eigenvalue weighted by Crippen LogP contribution is 2.31. The van der Waals surface area contributed by atoms with Gasteiger partial charge in [0.1, 0.15) is 40.3 Å². The topological polar surface area (TPSA) is 99.0 Å². The number of rotatable bonds is 5. The number of ether oxygens (including phenoxy) is 1. The monoisotopic (exact) mass is 390 g/mol. The van der Waals surface area contributed by atoms with Crippen molar-refractivity contribution in [1.29, 1.82) is 5.41 Å². The van der Waals surface area contributed by atoms with Crippen LogP contribution in [0.5, 0.6) is 11.5 Å². The number of thiophene rings is 1. The van der Waals surface area contributed by atoms with Crippen molar-refractivity contribution < 1.29 is 4.74 Å². The summed E-state index contributed by atoms with van der Waals surface area (Å²) >= 11 is 1.65. The van der Waals surface area contributed by atoms with E-state index in [-0.39, 0.29) is 0 Å². The lowest BCUT2D eigenvalue weighted by Gasteiger charge is -2.12. The summed E-state index contributed by atoms with van der Waals surface area (Å²) in [6.45, 7) is 4.05. The smallest absolute Gasteiger partial charge is 0.142 e. The second kappa shape index (κ2) is 7.61. The van der Waals surface area contributed by atoms with E-state index in [4.69, 9.17) is 10.1 Å². The van der Waals surface area contributed by atoms with Gasteiger partial charge in [-0.3, -0.25) is 5.41 Å². The lowest BCUT2D eigenvalue weighted by molar-refractivity contribution is 0.477. The van der Waals surface area contributed by atoms with Crippen LogP contribution < -0.4 is 15.5 Å². The van der Waals surface area contributed by atoms with Crippen molar-refractivity contribution in [3.05, 3.63) is 64.9 Å². The largest absolute Gasteiger partial charge is 0.457 e. The van der Waals surface area contributed by atoms with Gasteiger partial charge >= 0.3 is 0 Å². The molecular weight excluding hydrogens is 372 g/mol. The number of H-pyrrole nitrogens is 1. The van der Waals surface area contributed by atoms with Gasteiger partial charge in [0.15, 0.2) is 0 Å². The highest BCUT2D eigenvalue weighted by Gasteiger charge is 2.09. The average Bonchev–Trinajstić information content (AvgIpc) is 3.06. The van der Waals surface area contributed by atoms with E-state index in [2.05, 4.69) is 38.3 Å². The van der Waals surface area contributed by atoms with Crippen LogP contribution in [-0.2, 0) is 0 Å². The van der Waals surface area contributed by atoms with Crippen molar-refractivity contribution in [2.45, 2.75) is 13.8 Å². The molecule has 0 bridgehead atoms. The minimum Gasteiger partial charge on any atom is -0.457 e. The van der Waals surface area contributed by atoms with Crippen molar-refractivity contribution in [2.75, 3.05) is 5.32 Å². The minimum atomic E-state index is 0.558. The first-order valence-corrected chi connectivity index (χ1v) is 9.42. The highest BCUT2D eigenvalue weighted by molar-refractivity contribution is 7.18. The first-order chi connectivity index (χ1) is 13.6. The van der Waals surface area contributed by atoms with E-state index in [0.717, 1.165) is 39.4 Å². The fourth-order valence-electron chi connectivity index (χ4n) is 2.82. The van der Waals surface area contributed by atoms with Gasteiger partial charge in [-0.05, 0) is 49.7 Å². The molecule has 0 aliphatic heterocycles. The van der Waals surface area contributed by atoms with Crippen LogP contribution in [0.1, 0.15) is 10.4 Å². The fraction of sp³-hybridized carbons (Fsp3) is 0.100. The van der Waals surface area contributed by atoms with Gasteiger partial charge < -0.3 is 15.0 Å².